The molecule has 8 heteroatoms. The summed E-state index contributed by atoms with van der Waals surface area (Å²) >= 11 is 0. The molecule has 0 aromatic heterocycles. The average molecular weight is 337 g/mol. The molecule has 2 aromatic carbocycles. The van der Waals surface area contributed by atoms with Crippen LogP contribution in [0.3, 0.4) is 0 Å². The Morgan fingerprint density at radius 2 is 1.78 bits per heavy atom. The molecule has 0 heterocycles. The zero-order valence-corrected chi connectivity index (χ0v) is 13.2. The summed E-state index contributed by atoms with van der Waals surface area (Å²) in [5, 5.41) is 11.0. The van der Waals surface area contributed by atoms with Gasteiger partial charge in [-0.3, -0.25) is 14.3 Å². The minimum atomic E-state index is -3.70. The summed E-state index contributed by atoms with van der Waals surface area (Å²) in [4.78, 5) is 10.4. The van der Waals surface area contributed by atoms with Crippen LogP contribution < -0.4 is 4.74 Å². The molecule has 0 radical (unpaired) electrons. The standard InChI is InChI=1S/C15H15NO6S/c1-23(19,20)22-11-13-9-14(7-8-15(13)16(17)18)21-10-12-5-3-2-4-6-12/h2-9H,10-11H2,1H3. The van der Waals surface area contributed by atoms with Crippen LogP contribution in [0, 0.1) is 10.1 Å². The van der Waals surface area contributed by atoms with E-state index in [2.05, 4.69) is 4.18 Å². The maximum atomic E-state index is 11.1. The Morgan fingerprint density at radius 1 is 1.09 bits per heavy atom. The highest BCUT2D eigenvalue weighted by Gasteiger charge is 2.16. The van der Waals surface area contributed by atoms with Crippen molar-refractivity contribution in [2.24, 2.45) is 0 Å². The van der Waals surface area contributed by atoms with E-state index in [4.69, 9.17) is 4.74 Å². The molecule has 0 bridgehead atoms. The molecule has 0 saturated carbocycles. The Kier molecular flexibility index (Phi) is 5.30. The molecule has 23 heavy (non-hydrogen) atoms. The average Bonchev–Trinajstić information content (AvgIpc) is 2.51. The molecular formula is C15H15NO6S. The smallest absolute Gasteiger partial charge is 0.275 e. The van der Waals surface area contributed by atoms with Crippen LogP contribution >= 0.6 is 0 Å². The lowest BCUT2D eigenvalue weighted by molar-refractivity contribution is -0.385. The van der Waals surface area contributed by atoms with E-state index >= 15 is 0 Å². The van der Waals surface area contributed by atoms with Crippen LogP contribution in [0.4, 0.5) is 5.69 Å². The Morgan fingerprint density at radius 3 is 2.39 bits per heavy atom. The zero-order chi connectivity index (χ0) is 16.9. The molecule has 0 spiro atoms. The Labute approximate surface area is 133 Å². The molecule has 0 atom stereocenters. The monoisotopic (exact) mass is 337 g/mol. The fourth-order valence-electron chi connectivity index (χ4n) is 1.86. The summed E-state index contributed by atoms with van der Waals surface area (Å²) in [6.07, 6.45) is 0.884. The summed E-state index contributed by atoms with van der Waals surface area (Å²) < 4.78 is 32.3. The predicted octanol–water partition coefficient (Wildman–Crippen LogP) is 2.65. The third kappa shape index (κ3) is 5.35. The van der Waals surface area contributed by atoms with Gasteiger partial charge in [-0.1, -0.05) is 30.3 Å². The van der Waals surface area contributed by atoms with Gasteiger partial charge in [-0.25, -0.2) is 0 Å². The molecular weight excluding hydrogens is 322 g/mol. The van der Waals surface area contributed by atoms with E-state index in [1.165, 1.54) is 18.2 Å². The molecule has 2 rings (SSSR count). The molecule has 0 unspecified atom stereocenters. The predicted molar refractivity (Wildman–Crippen MR) is 83.5 cm³/mol. The van der Waals surface area contributed by atoms with Crippen LogP contribution in [0.25, 0.3) is 0 Å². The Hall–Kier alpha value is -2.45. The first-order valence-electron chi connectivity index (χ1n) is 6.63. The van der Waals surface area contributed by atoms with Gasteiger partial charge in [0.25, 0.3) is 15.8 Å². The highest BCUT2D eigenvalue weighted by Crippen LogP contribution is 2.25. The summed E-state index contributed by atoms with van der Waals surface area (Å²) in [5.74, 6) is 0.395. The quantitative estimate of drug-likeness (QED) is 0.438. The van der Waals surface area contributed by atoms with Gasteiger partial charge in [0.05, 0.1) is 23.3 Å². The van der Waals surface area contributed by atoms with Gasteiger partial charge in [0.15, 0.2) is 0 Å². The van der Waals surface area contributed by atoms with E-state index < -0.39 is 21.6 Å². The second-order valence-electron chi connectivity index (χ2n) is 4.79. The second kappa shape index (κ2) is 7.21. The molecule has 0 aliphatic heterocycles. The molecule has 0 amide bonds. The lowest BCUT2D eigenvalue weighted by Crippen LogP contribution is -2.05. The summed E-state index contributed by atoms with van der Waals surface area (Å²) in [5.41, 5.74) is 0.853. The van der Waals surface area contributed by atoms with E-state index in [0.29, 0.717) is 12.4 Å². The number of rotatable bonds is 7. The van der Waals surface area contributed by atoms with Crippen molar-refractivity contribution in [2.45, 2.75) is 13.2 Å². The number of nitro benzene ring substituents is 1. The number of nitrogens with zero attached hydrogens (tertiary/aromatic N) is 1. The van der Waals surface area contributed by atoms with Crippen molar-refractivity contribution in [3.8, 4) is 5.75 Å². The number of nitro groups is 1. The molecule has 0 fully saturated rings. The van der Waals surface area contributed by atoms with Crippen molar-refractivity contribution < 1.29 is 22.3 Å². The van der Waals surface area contributed by atoms with Crippen molar-refractivity contribution in [3.05, 3.63) is 69.8 Å². The van der Waals surface area contributed by atoms with E-state index in [1.807, 2.05) is 30.3 Å². The van der Waals surface area contributed by atoms with Crippen LogP contribution in [0.1, 0.15) is 11.1 Å². The first-order valence-corrected chi connectivity index (χ1v) is 8.45. The molecule has 0 aliphatic carbocycles. The molecule has 0 aliphatic rings. The van der Waals surface area contributed by atoms with Gasteiger partial charge >= 0.3 is 0 Å². The van der Waals surface area contributed by atoms with Crippen molar-refractivity contribution >= 4 is 15.8 Å². The minimum absolute atomic E-state index is 0.131. The Balaban J connectivity index is 2.16. The van der Waals surface area contributed by atoms with E-state index in [9.17, 15) is 18.5 Å². The highest BCUT2D eigenvalue weighted by molar-refractivity contribution is 7.85. The van der Waals surface area contributed by atoms with Crippen molar-refractivity contribution in [2.75, 3.05) is 6.26 Å². The van der Waals surface area contributed by atoms with E-state index in [-0.39, 0.29) is 11.3 Å². The molecule has 0 N–H and O–H groups in total. The largest absolute Gasteiger partial charge is 0.489 e. The number of hydrogen-bond acceptors (Lipinski definition) is 6. The SMILES string of the molecule is CS(=O)(=O)OCc1cc(OCc2ccccc2)ccc1[N+](=O)[O-]. The van der Waals surface area contributed by atoms with Gasteiger partial charge in [0.2, 0.25) is 0 Å². The molecule has 122 valence electrons. The van der Waals surface area contributed by atoms with E-state index in [1.54, 1.807) is 0 Å². The van der Waals surface area contributed by atoms with Crippen molar-refractivity contribution in [1.29, 1.82) is 0 Å². The minimum Gasteiger partial charge on any atom is -0.489 e. The molecule has 0 saturated heterocycles. The number of ether oxygens (including phenoxy) is 1. The maximum absolute atomic E-state index is 11.1. The van der Waals surface area contributed by atoms with Crippen LogP contribution in [0.5, 0.6) is 5.75 Å². The van der Waals surface area contributed by atoms with Gasteiger partial charge in [-0.2, -0.15) is 8.42 Å². The Bertz CT molecular complexity index is 789. The topological polar surface area (TPSA) is 95.7 Å². The van der Waals surface area contributed by atoms with Gasteiger partial charge < -0.3 is 4.74 Å². The van der Waals surface area contributed by atoms with Crippen LogP contribution in [0.15, 0.2) is 48.5 Å². The summed E-state index contributed by atoms with van der Waals surface area (Å²) in [7, 11) is -3.70. The van der Waals surface area contributed by atoms with Crippen molar-refractivity contribution in [1.82, 2.24) is 0 Å². The number of hydrogen-bond donors (Lipinski definition) is 0. The lowest BCUT2D eigenvalue weighted by atomic mass is 10.2. The first kappa shape index (κ1) is 16.9. The third-order valence-corrected chi connectivity index (χ3v) is 3.47. The third-order valence-electron chi connectivity index (χ3n) is 2.92. The van der Waals surface area contributed by atoms with Crippen LogP contribution in [0.2, 0.25) is 0 Å². The highest BCUT2D eigenvalue weighted by atomic mass is 32.2. The van der Waals surface area contributed by atoms with Gasteiger partial charge in [-0.15, -0.1) is 0 Å². The summed E-state index contributed by atoms with van der Waals surface area (Å²) in [6.45, 7) is -0.122. The lowest BCUT2D eigenvalue weighted by Gasteiger charge is -2.09. The van der Waals surface area contributed by atoms with Crippen molar-refractivity contribution in [3.63, 3.8) is 0 Å². The summed E-state index contributed by atoms with van der Waals surface area (Å²) in [6, 6.07) is 13.5. The molecule has 7 nitrogen and oxygen atoms in total. The first-order chi connectivity index (χ1) is 10.8. The van der Waals surface area contributed by atoms with Gasteiger partial charge in [0.1, 0.15) is 12.4 Å². The van der Waals surface area contributed by atoms with E-state index in [0.717, 1.165) is 11.8 Å². The fraction of sp³-hybridized carbons (Fsp3) is 0.200. The second-order valence-corrected chi connectivity index (χ2v) is 6.43. The van der Waals surface area contributed by atoms with Crippen LogP contribution in [-0.2, 0) is 27.5 Å². The fourth-order valence-corrected chi connectivity index (χ4v) is 2.20. The zero-order valence-electron chi connectivity index (χ0n) is 12.3. The number of benzene rings is 2. The van der Waals surface area contributed by atoms with Gasteiger partial charge in [-0.05, 0) is 17.7 Å². The molecule has 2 aromatic rings. The van der Waals surface area contributed by atoms with Crippen LogP contribution in [-0.4, -0.2) is 19.6 Å². The maximum Gasteiger partial charge on any atom is 0.275 e. The normalized spacial score (nSPS) is 11.2. The van der Waals surface area contributed by atoms with Gasteiger partial charge in [0, 0.05) is 6.07 Å².